The third-order valence-electron chi connectivity index (χ3n) is 17.1. The highest BCUT2D eigenvalue weighted by Gasteiger charge is 2.30. The minimum Gasteiger partial charge on any atom is -0.462 e. The number of hydrogen-bond donors (Lipinski definition) is 3. The first-order valence-electron chi connectivity index (χ1n) is 39.2. The number of phosphoric acid groups is 2. The predicted octanol–water partition coefficient (Wildman–Crippen LogP) is 22.3. The van der Waals surface area contributed by atoms with Crippen molar-refractivity contribution in [2.75, 3.05) is 39.6 Å². The van der Waals surface area contributed by atoms with Crippen molar-refractivity contribution < 1.29 is 80.2 Å². The van der Waals surface area contributed by atoms with E-state index in [-0.39, 0.29) is 25.7 Å². The SMILES string of the molecule is CCC/C=C\C/C=C\CCCCCCCC(=O)OCC(COP(=O)(O)OCC(O)COP(=O)(O)OCC(COC(=O)CCCCCCC/C=C\CCCCCCCC)OC(=O)CCCCCCCCCCCCCCCCC)OC(=O)CCCCCCCCCCCCCCC. The number of allylic oxidation sites excluding steroid dienone is 6. The fraction of sp³-hybridized carbons (Fsp3) is 0.870. The summed E-state index contributed by atoms with van der Waals surface area (Å²) in [4.78, 5) is 72.8. The van der Waals surface area contributed by atoms with E-state index in [1.54, 1.807) is 0 Å². The molecule has 0 aromatic heterocycles. The molecule has 0 rings (SSSR count). The maximum atomic E-state index is 13.1. The Labute approximate surface area is 585 Å². The molecule has 0 saturated carbocycles. The summed E-state index contributed by atoms with van der Waals surface area (Å²) < 4.78 is 68.5. The van der Waals surface area contributed by atoms with Gasteiger partial charge in [-0.3, -0.25) is 37.3 Å². The van der Waals surface area contributed by atoms with Gasteiger partial charge in [0.1, 0.15) is 19.3 Å². The Bertz CT molecular complexity index is 1970. The van der Waals surface area contributed by atoms with Crippen LogP contribution in [0.4, 0.5) is 0 Å². The van der Waals surface area contributed by atoms with Crippen LogP contribution in [0.3, 0.4) is 0 Å². The number of phosphoric ester groups is 2. The van der Waals surface area contributed by atoms with Crippen LogP contribution >= 0.6 is 15.6 Å². The van der Waals surface area contributed by atoms with Gasteiger partial charge in [0.25, 0.3) is 0 Å². The maximum absolute atomic E-state index is 13.1. The van der Waals surface area contributed by atoms with Crippen molar-refractivity contribution in [1.29, 1.82) is 0 Å². The van der Waals surface area contributed by atoms with Gasteiger partial charge in [-0.2, -0.15) is 0 Å². The Hall–Kier alpha value is -2.72. The molecule has 0 fully saturated rings. The molecule has 17 nitrogen and oxygen atoms in total. The molecular formula is C77H144O17P2. The molecule has 0 aliphatic carbocycles. The zero-order valence-electron chi connectivity index (χ0n) is 61.6. The molecule has 0 heterocycles. The lowest BCUT2D eigenvalue weighted by atomic mass is 10.0. The highest BCUT2D eigenvalue weighted by atomic mass is 31.2. The van der Waals surface area contributed by atoms with Crippen LogP contribution in [0.25, 0.3) is 0 Å². The molecule has 564 valence electrons. The molecule has 19 heteroatoms. The van der Waals surface area contributed by atoms with E-state index >= 15 is 0 Å². The quantitative estimate of drug-likeness (QED) is 0.0169. The van der Waals surface area contributed by atoms with Gasteiger partial charge in [-0.05, 0) is 77.0 Å². The summed E-state index contributed by atoms with van der Waals surface area (Å²) in [5.41, 5.74) is 0. The molecule has 3 N–H and O–H groups in total. The summed E-state index contributed by atoms with van der Waals surface area (Å²) in [6.45, 7) is 4.87. The Morgan fingerprint density at radius 3 is 0.823 bits per heavy atom. The van der Waals surface area contributed by atoms with Gasteiger partial charge in [-0.15, -0.1) is 0 Å². The molecule has 5 unspecified atom stereocenters. The maximum Gasteiger partial charge on any atom is 0.472 e. The Balaban J connectivity index is 5.30. The second-order valence-corrected chi connectivity index (χ2v) is 29.6. The van der Waals surface area contributed by atoms with Crippen LogP contribution in [0.15, 0.2) is 36.5 Å². The van der Waals surface area contributed by atoms with Crippen molar-refractivity contribution >= 4 is 39.5 Å². The normalized spacial score (nSPS) is 14.1. The molecule has 5 atom stereocenters. The molecule has 0 aromatic rings. The van der Waals surface area contributed by atoms with Gasteiger partial charge in [0, 0.05) is 25.7 Å². The first-order chi connectivity index (χ1) is 46.7. The first-order valence-corrected chi connectivity index (χ1v) is 42.2. The van der Waals surface area contributed by atoms with Gasteiger partial charge in [0.05, 0.1) is 26.4 Å². The van der Waals surface area contributed by atoms with E-state index in [1.807, 2.05) is 0 Å². The molecular weight excluding hydrogens is 1260 g/mol. The van der Waals surface area contributed by atoms with Gasteiger partial charge in [0.2, 0.25) is 0 Å². The third-order valence-corrected chi connectivity index (χ3v) is 19.0. The van der Waals surface area contributed by atoms with E-state index in [1.165, 1.54) is 154 Å². The molecule has 0 amide bonds. The number of carbonyl (C=O) groups excluding carboxylic acids is 4. The van der Waals surface area contributed by atoms with Gasteiger partial charge >= 0.3 is 39.5 Å². The predicted molar refractivity (Wildman–Crippen MR) is 391 cm³/mol. The van der Waals surface area contributed by atoms with Crippen molar-refractivity contribution in [2.45, 2.75) is 393 Å². The molecule has 0 bridgehead atoms. The highest BCUT2D eigenvalue weighted by Crippen LogP contribution is 2.45. The smallest absolute Gasteiger partial charge is 0.462 e. The average molecular weight is 1400 g/mol. The van der Waals surface area contributed by atoms with Crippen molar-refractivity contribution in [3.63, 3.8) is 0 Å². The Kier molecular flexibility index (Phi) is 68.7. The second kappa shape index (κ2) is 70.7. The monoisotopic (exact) mass is 1400 g/mol. The van der Waals surface area contributed by atoms with Crippen LogP contribution in [-0.2, 0) is 65.4 Å². The van der Waals surface area contributed by atoms with Gasteiger partial charge in [-0.1, -0.05) is 308 Å². The lowest BCUT2D eigenvalue weighted by molar-refractivity contribution is -0.161. The summed E-state index contributed by atoms with van der Waals surface area (Å²) in [5, 5.41) is 10.6. The number of ether oxygens (including phenoxy) is 4. The summed E-state index contributed by atoms with van der Waals surface area (Å²) in [6, 6.07) is 0. The summed E-state index contributed by atoms with van der Waals surface area (Å²) in [5.74, 6) is -2.15. The van der Waals surface area contributed by atoms with Crippen LogP contribution < -0.4 is 0 Å². The van der Waals surface area contributed by atoms with Crippen LogP contribution in [0, 0.1) is 0 Å². The Morgan fingerprint density at radius 2 is 0.531 bits per heavy atom. The second-order valence-electron chi connectivity index (χ2n) is 26.7. The number of rotatable bonds is 75. The molecule has 0 saturated heterocycles. The third kappa shape index (κ3) is 69.7. The number of unbranched alkanes of at least 4 members (excludes halogenated alkanes) is 43. The fourth-order valence-corrected chi connectivity index (χ4v) is 12.7. The van der Waals surface area contributed by atoms with E-state index in [2.05, 4.69) is 64.2 Å². The van der Waals surface area contributed by atoms with E-state index < -0.39 is 97.5 Å². The molecule has 0 aliphatic rings. The molecule has 0 spiro atoms. The lowest BCUT2D eigenvalue weighted by Gasteiger charge is -2.21. The van der Waals surface area contributed by atoms with Crippen molar-refractivity contribution in [3.8, 4) is 0 Å². The van der Waals surface area contributed by atoms with E-state index in [0.717, 1.165) is 141 Å². The van der Waals surface area contributed by atoms with E-state index in [0.29, 0.717) is 25.7 Å². The minimum atomic E-state index is -4.96. The van der Waals surface area contributed by atoms with Crippen molar-refractivity contribution in [2.24, 2.45) is 0 Å². The number of esters is 4. The molecule has 0 aromatic carbocycles. The summed E-state index contributed by atoms with van der Waals surface area (Å²) in [6.07, 6.45) is 65.5. The van der Waals surface area contributed by atoms with E-state index in [9.17, 15) is 43.2 Å². The summed E-state index contributed by atoms with van der Waals surface area (Å²) in [7, 11) is -9.93. The van der Waals surface area contributed by atoms with Crippen molar-refractivity contribution in [3.05, 3.63) is 36.5 Å². The van der Waals surface area contributed by atoms with Crippen LogP contribution in [-0.4, -0.2) is 96.7 Å². The Morgan fingerprint density at radius 1 is 0.292 bits per heavy atom. The largest absolute Gasteiger partial charge is 0.472 e. The van der Waals surface area contributed by atoms with Crippen LogP contribution in [0.1, 0.15) is 374 Å². The minimum absolute atomic E-state index is 0.100. The number of carbonyl (C=O) groups is 4. The average Bonchev–Trinajstić information content (AvgIpc) is 1.17. The lowest BCUT2D eigenvalue weighted by Crippen LogP contribution is -2.30. The molecule has 0 radical (unpaired) electrons. The van der Waals surface area contributed by atoms with Crippen molar-refractivity contribution in [1.82, 2.24) is 0 Å². The van der Waals surface area contributed by atoms with Crippen LogP contribution in [0.2, 0.25) is 0 Å². The van der Waals surface area contributed by atoms with Gasteiger partial charge in [0.15, 0.2) is 12.2 Å². The summed E-state index contributed by atoms with van der Waals surface area (Å²) >= 11 is 0. The van der Waals surface area contributed by atoms with Crippen LogP contribution in [0.5, 0.6) is 0 Å². The highest BCUT2D eigenvalue weighted by molar-refractivity contribution is 7.47. The first kappa shape index (κ1) is 93.3. The fourth-order valence-electron chi connectivity index (χ4n) is 11.1. The topological polar surface area (TPSA) is 237 Å². The number of aliphatic hydroxyl groups excluding tert-OH is 1. The van der Waals surface area contributed by atoms with Gasteiger partial charge in [-0.25, -0.2) is 9.13 Å². The van der Waals surface area contributed by atoms with Gasteiger partial charge < -0.3 is 33.8 Å². The standard InChI is InChI=1S/C77H144O17P2/c1-5-9-13-17-21-25-29-33-35-39-42-46-50-54-58-62-75(80)88-68-73(94-77(82)64-60-56-52-48-44-40-36-34-30-26-22-18-14-10-6-2)70-92-96(85,86)90-66-71(78)65-89-95(83,84)91-69-72(93-76(81)63-59-55-51-47-43-38-32-28-24-20-16-12-8-4)67-87-74(79)61-57-53-49-45-41-37-31-27-23-19-15-11-7-3/h15,19,27,31,33,35,71-73,78H,5-14,16-18,20-26,28-30,32,34,36-70H2,1-4H3,(H,83,84)(H,85,86)/b19-15-,31-27-,35-33-. The molecule has 0 aliphatic heterocycles. The van der Waals surface area contributed by atoms with E-state index in [4.69, 9.17) is 37.0 Å². The number of hydrogen-bond acceptors (Lipinski definition) is 15. The zero-order chi connectivity index (χ0) is 70.4. The molecule has 96 heavy (non-hydrogen) atoms. The zero-order valence-corrected chi connectivity index (χ0v) is 63.4. The number of aliphatic hydroxyl groups is 1.